The van der Waals surface area contributed by atoms with Crippen molar-refractivity contribution in [2.45, 2.75) is 13.0 Å². The van der Waals surface area contributed by atoms with Gasteiger partial charge in [-0.2, -0.15) is 5.26 Å². The molecular weight excluding hydrogens is 224 g/mol. The Bertz CT molecular complexity index is 534. The first-order valence-electron chi connectivity index (χ1n) is 5.96. The van der Waals surface area contributed by atoms with Gasteiger partial charge in [0.15, 0.2) is 0 Å². The van der Waals surface area contributed by atoms with Crippen LogP contribution >= 0.6 is 0 Å². The summed E-state index contributed by atoms with van der Waals surface area (Å²) in [7, 11) is 1.94. The number of likely N-dealkylation sites (N-methyl/N-ethyl adjacent to an activating group) is 1. The van der Waals surface area contributed by atoms with Crippen LogP contribution in [0.3, 0.4) is 0 Å². The molecule has 4 heteroatoms. The standard InChI is InChI=1S/C14H16N4/c1-16-7-6-14-10-18(11-17-14)9-13-4-2-12(8-15)3-5-13/h2-5,10-11,16H,6-7,9H2,1H3. The Labute approximate surface area is 107 Å². The third-order valence-electron chi connectivity index (χ3n) is 2.77. The highest BCUT2D eigenvalue weighted by Gasteiger charge is 2.00. The first kappa shape index (κ1) is 12.3. The molecule has 0 saturated carbocycles. The van der Waals surface area contributed by atoms with Crippen LogP contribution < -0.4 is 5.32 Å². The van der Waals surface area contributed by atoms with Crippen molar-refractivity contribution in [1.82, 2.24) is 14.9 Å². The van der Waals surface area contributed by atoms with Crippen LogP contribution in [0.1, 0.15) is 16.8 Å². The van der Waals surface area contributed by atoms with E-state index in [1.807, 2.05) is 37.6 Å². The van der Waals surface area contributed by atoms with Gasteiger partial charge in [-0.1, -0.05) is 12.1 Å². The molecule has 4 nitrogen and oxygen atoms in total. The molecule has 0 aliphatic rings. The number of aromatic nitrogens is 2. The van der Waals surface area contributed by atoms with Gasteiger partial charge in [0.1, 0.15) is 0 Å². The normalized spacial score (nSPS) is 10.2. The highest BCUT2D eigenvalue weighted by atomic mass is 15.0. The quantitative estimate of drug-likeness (QED) is 0.863. The van der Waals surface area contributed by atoms with Gasteiger partial charge in [-0.25, -0.2) is 4.98 Å². The number of nitrogens with one attached hydrogen (secondary N) is 1. The second-order valence-electron chi connectivity index (χ2n) is 4.20. The maximum atomic E-state index is 8.73. The van der Waals surface area contributed by atoms with E-state index >= 15 is 0 Å². The lowest BCUT2D eigenvalue weighted by molar-refractivity contribution is 0.774. The van der Waals surface area contributed by atoms with Gasteiger partial charge < -0.3 is 9.88 Å². The molecule has 0 atom stereocenters. The lowest BCUT2D eigenvalue weighted by atomic mass is 10.1. The van der Waals surface area contributed by atoms with Crippen LogP contribution in [0.5, 0.6) is 0 Å². The van der Waals surface area contributed by atoms with Gasteiger partial charge in [0.05, 0.1) is 23.7 Å². The summed E-state index contributed by atoms with van der Waals surface area (Å²) in [4.78, 5) is 4.35. The van der Waals surface area contributed by atoms with Crippen molar-refractivity contribution in [2.24, 2.45) is 0 Å². The van der Waals surface area contributed by atoms with Crippen LogP contribution in [0, 0.1) is 11.3 Å². The average molecular weight is 240 g/mol. The first-order valence-corrected chi connectivity index (χ1v) is 5.96. The van der Waals surface area contributed by atoms with Crippen LogP contribution in [-0.4, -0.2) is 23.1 Å². The Balaban J connectivity index is 2.00. The van der Waals surface area contributed by atoms with Crippen molar-refractivity contribution in [2.75, 3.05) is 13.6 Å². The topological polar surface area (TPSA) is 53.6 Å². The molecule has 0 unspecified atom stereocenters. The predicted octanol–water partition coefficient (Wildman–Crippen LogP) is 1.56. The van der Waals surface area contributed by atoms with E-state index in [1.165, 1.54) is 5.56 Å². The van der Waals surface area contributed by atoms with Crippen LogP contribution in [-0.2, 0) is 13.0 Å². The molecule has 0 aliphatic heterocycles. The van der Waals surface area contributed by atoms with Gasteiger partial charge in [0.25, 0.3) is 0 Å². The minimum Gasteiger partial charge on any atom is -0.333 e. The van der Waals surface area contributed by atoms with Gasteiger partial charge in [0, 0.05) is 25.7 Å². The van der Waals surface area contributed by atoms with Crippen molar-refractivity contribution in [3.8, 4) is 6.07 Å². The van der Waals surface area contributed by atoms with Crippen molar-refractivity contribution in [3.63, 3.8) is 0 Å². The lowest BCUT2D eigenvalue weighted by Gasteiger charge is -2.02. The van der Waals surface area contributed by atoms with Crippen LogP contribution in [0.2, 0.25) is 0 Å². The summed E-state index contributed by atoms with van der Waals surface area (Å²) in [5.74, 6) is 0. The van der Waals surface area contributed by atoms with Crippen molar-refractivity contribution >= 4 is 0 Å². The van der Waals surface area contributed by atoms with Gasteiger partial charge >= 0.3 is 0 Å². The van der Waals surface area contributed by atoms with E-state index in [4.69, 9.17) is 5.26 Å². The molecule has 0 amide bonds. The smallest absolute Gasteiger partial charge is 0.0991 e. The van der Waals surface area contributed by atoms with Crippen LogP contribution in [0.15, 0.2) is 36.8 Å². The molecule has 2 rings (SSSR count). The lowest BCUT2D eigenvalue weighted by Crippen LogP contribution is -2.10. The average Bonchev–Trinajstić information content (AvgIpc) is 2.85. The third-order valence-corrected chi connectivity index (χ3v) is 2.77. The molecule has 1 aromatic carbocycles. The summed E-state index contributed by atoms with van der Waals surface area (Å²) in [5, 5.41) is 11.8. The Morgan fingerprint density at radius 1 is 1.33 bits per heavy atom. The fraction of sp³-hybridized carbons (Fsp3) is 0.286. The minimum absolute atomic E-state index is 0.694. The van der Waals surface area contributed by atoms with Crippen molar-refractivity contribution in [1.29, 1.82) is 5.26 Å². The predicted molar refractivity (Wildman–Crippen MR) is 70.1 cm³/mol. The molecule has 0 fully saturated rings. The maximum absolute atomic E-state index is 8.73. The number of hydrogen-bond donors (Lipinski definition) is 1. The largest absolute Gasteiger partial charge is 0.333 e. The van der Waals surface area contributed by atoms with Gasteiger partial charge in [-0.15, -0.1) is 0 Å². The molecule has 0 saturated heterocycles. The number of rotatable bonds is 5. The van der Waals surface area contributed by atoms with E-state index in [0.717, 1.165) is 25.2 Å². The Hall–Kier alpha value is -2.12. The SMILES string of the molecule is CNCCc1cn(Cc2ccc(C#N)cc2)cn1. The highest BCUT2D eigenvalue weighted by Crippen LogP contribution is 2.06. The fourth-order valence-corrected chi connectivity index (χ4v) is 1.77. The summed E-state index contributed by atoms with van der Waals surface area (Å²) in [5.41, 5.74) is 2.96. The third kappa shape index (κ3) is 3.19. The van der Waals surface area contributed by atoms with E-state index in [2.05, 4.69) is 27.1 Å². The summed E-state index contributed by atoms with van der Waals surface area (Å²) >= 11 is 0. The molecule has 0 aliphatic carbocycles. The minimum atomic E-state index is 0.694. The molecule has 18 heavy (non-hydrogen) atoms. The molecule has 0 bridgehead atoms. The number of hydrogen-bond acceptors (Lipinski definition) is 3. The van der Waals surface area contributed by atoms with Crippen LogP contribution in [0.4, 0.5) is 0 Å². The van der Waals surface area contributed by atoms with Crippen molar-refractivity contribution < 1.29 is 0 Å². The molecular formula is C14H16N4. The summed E-state index contributed by atoms with van der Waals surface area (Å²) < 4.78 is 2.06. The molecule has 1 aromatic heterocycles. The van der Waals surface area contributed by atoms with E-state index in [0.29, 0.717) is 5.56 Å². The van der Waals surface area contributed by atoms with Gasteiger partial charge in [0.2, 0.25) is 0 Å². The number of nitrogens with zero attached hydrogens (tertiary/aromatic N) is 3. The molecule has 0 spiro atoms. The monoisotopic (exact) mass is 240 g/mol. The molecule has 1 N–H and O–H groups in total. The van der Waals surface area contributed by atoms with E-state index < -0.39 is 0 Å². The summed E-state index contributed by atoms with van der Waals surface area (Å²) in [6.45, 7) is 1.73. The second-order valence-corrected chi connectivity index (χ2v) is 4.20. The Morgan fingerprint density at radius 2 is 2.11 bits per heavy atom. The zero-order valence-corrected chi connectivity index (χ0v) is 10.4. The number of benzene rings is 1. The fourth-order valence-electron chi connectivity index (χ4n) is 1.77. The van der Waals surface area contributed by atoms with Gasteiger partial charge in [-0.05, 0) is 24.7 Å². The number of imidazole rings is 1. The highest BCUT2D eigenvalue weighted by molar-refractivity contribution is 5.31. The number of nitriles is 1. The molecule has 92 valence electrons. The molecule has 0 radical (unpaired) electrons. The maximum Gasteiger partial charge on any atom is 0.0991 e. The van der Waals surface area contributed by atoms with Crippen molar-refractivity contribution in [3.05, 3.63) is 53.6 Å². The van der Waals surface area contributed by atoms with Crippen LogP contribution in [0.25, 0.3) is 0 Å². The van der Waals surface area contributed by atoms with E-state index in [1.54, 1.807) is 0 Å². The summed E-state index contributed by atoms with van der Waals surface area (Å²) in [6.07, 6.45) is 4.86. The summed E-state index contributed by atoms with van der Waals surface area (Å²) in [6, 6.07) is 9.76. The zero-order valence-electron chi connectivity index (χ0n) is 10.4. The zero-order chi connectivity index (χ0) is 12.8. The Morgan fingerprint density at radius 3 is 2.78 bits per heavy atom. The van der Waals surface area contributed by atoms with E-state index in [-0.39, 0.29) is 0 Å². The molecule has 2 aromatic rings. The van der Waals surface area contributed by atoms with E-state index in [9.17, 15) is 0 Å². The first-order chi connectivity index (χ1) is 8.81. The molecule has 1 heterocycles. The van der Waals surface area contributed by atoms with Gasteiger partial charge in [-0.3, -0.25) is 0 Å². The second kappa shape index (κ2) is 5.99. The Kier molecular flexibility index (Phi) is 4.11.